The second-order valence-corrected chi connectivity index (χ2v) is 6.26. The second kappa shape index (κ2) is 7.59. The molecule has 4 heterocycles. The highest BCUT2D eigenvalue weighted by Crippen LogP contribution is 2.32. The Bertz CT molecular complexity index is 1290. The molecule has 9 nitrogen and oxygen atoms in total. The molecule has 4 aromatic heterocycles. The minimum absolute atomic E-state index is 0.156. The lowest BCUT2D eigenvalue weighted by molar-refractivity contribution is -0.143. The van der Waals surface area contributed by atoms with Gasteiger partial charge in [-0.2, -0.15) is 13.2 Å². The number of halogens is 4. The Balaban J connectivity index is 1.77. The molecule has 0 fully saturated rings. The molecular weight excluding hydrogens is 420 g/mol. The topological polar surface area (TPSA) is 121 Å². The van der Waals surface area contributed by atoms with Crippen molar-refractivity contribution in [3.63, 3.8) is 0 Å². The number of aromatic nitrogens is 6. The van der Waals surface area contributed by atoms with Crippen molar-refractivity contribution in [3.05, 3.63) is 48.3 Å². The zero-order chi connectivity index (χ0) is 22.2. The molecule has 4 rings (SSSR count). The fourth-order valence-electron chi connectivity index (χ4n) is 2.70. The number of rotatable bonds is 4. The van der Waals surface area contributed by atoms with Crippen LogP contribution in [0.25, 0.3) is 22.7 Å². The fraction of sp³-hybridized carbons (Fsp3) is 0.111. The Kier molecular flexibility index (Phi) is 4.93. The standard InChI is InChI=1S/C18H12F4N8O/c1-8(31)26-12-6-9(4-5-23-12)27-17-13-16(25-7-24-13)29-15(30-17)11-3-2-10(19)14(28-11)18(20,21)22/h2-7H,1H3,(H3,23,24,25,26,27,29,30,31). The maximum Gasteiger partial charge on any atom is 0.436 e. The molecule has 0 radical (unpaired) electrons. The van der Waals surface area contributed by atoms with Gasteiger partial charge in [0, 0.05) is 24.9 Å². The van der Waals surface area contributed by atoms with E-state index in [4.69, 9.17) is 0 Å². The summed E-state index contributed by atoms with van der Waals surface area (Å²) in [5, 5.41) is 5.51. The van der Waals surface area contributed by atoms with E-state index >= 15 is 0 Å². The Morgan fingerprint density at radius 3 is 2.65 bits per heavy atom. The van der Waals surface area contributed by atoms with Crippen molar-refractivity contribution in [3.8, 4) is 11.5 Å². The van der Waals surface area contributed by atoms with Crippen LogP contribution in [0.1, 0.15) is 12.6 Å². The first-order chi connectivity index (χ1) is 14.7. The Morgan fingerprint density at radius 1 is 1.10 bits per heavy atom. The molecule has 3 N–H and O–H groups in total. The van der Waals surface area contributed by atoms with E-state index in [1.165, 1.54) is 25.5 Å². The Hall–Kier alpha value is -4.16. The van der Waals surface area contributed by atoms with Crippen molar-refractivity contribution in [2.24, 2.45) is 0 Å². The van der Waals surface area contributed by atoms with E-state index in [9.17, 15) is 22.4 Å². The van der Waals surface area contributed by atoms with Crippen LogP contribution in [0.15, 0.2) is 36.8 Å². The van der Waals surface area contributed by atoms with E-state index in [0.717, 1.165) is 6.07 Å². The lowest BCUT2D eigenvalue weighted by Crippen LogP contribution is -2.12. The van der Waals surface area contributed by atoms with Crippen LogP contribution < -0.4 is 10.6 Å². The maximum absolute atomic E-state index is 13.6. The van der Waals surface area contributed by atoms with Crippen LogP contribution in [0, 0.1) is 5.82 Å². The highest BCUT2D eigenvalue weighted by atomic mass is 19.4. The van der Waals surface area contributed by atoms with Crippen LogP contribution in [-0.4, -0.2) is 35.8 Å². The zero-order valence-electron chi connectivity index (χ0n) is 15.6. The molecule has 4 aromatic rings. The van der Waals surface area contributed by atoms with Gasteiger partial charge in [0.15, 0.2) is 28.8 Å². The molecular formula is C18H12F4N8O. The smallest absolute Gasteiger partial charge is 0.340 e. The number of amides is 1. The number of carbonyl (C=O) groups excluding carboxylic acids is 1. The lowest BCUT2D eigenvalue weighted by Gasteiger charge is -2.11. The van der Waals surface area contributed by atoms with Gasteiger partial charge in [-0.3, -0.25) is 4.79 Å². The van der Waals surface area contributed by atoms with Gasteiger partial charge >= 0.3 is 6.18 Å². The zero-order valence-corrected chi connectivity index (χ0v) is 15.6. The second-order valence-electron chi connectivity index (χ2n) is 6.26. The molecule has 0 bridgehead atoms. The average molecular weight is 432 g/mol. The minimum atomic E-state index is -4.98. The largest absolute Gasteiger partial charge is 0.436 e. The third-order valence-electron chi connectivity index (χ3n) is 3.96. The van der Waals surface area contributed by atoms with E-state index < -0.39 is 17.7 Å². The molecule has 0 unspecified atom stereocenters. The molecule has 0 atom stereocenters. The summed E-state index contributed by atoms with van der Waals surface area (Å²) in [5.74, 6) is -1.55. The number of pyridine rings is 2. The van der Waals surface area contributed by atoms with E-state index in [1.807, 2.05) is 0 Å². The molecule has 0 aliphatic rings. The number of aromatic amines is 1. The predicted molar refractivity (Wildman–Crippen MR) is 102 cm³/mol. The summed E-state index contributed by atoms with van der Waals surface area (Å²) in [4.78, 5) is 33.8. The summed E-state index contributed by atoms with van der Waals surface area (Å²) in [6.07, 6.45) is -2.20. The Morgan fingerprint density at radius 2 is 1.90 bits per heavy atom. The van der Waals surface area contributed by atoms with Gasteiger partial charge in [0.2, 0.25) is 5.91 Å². The van der Waals surface area contributed by atoms with Crippen LogP contribution in [-0.2, 0) is 11.0 Å². The summed E-state index contributed by atoms with van der Waals surface area (Å²) in [6.45, 7) is 1.33. The predicted octanol–water partition coefficient (Wildman–Crippen LogP) is 3.67. The van der Waals surface area contributed by atoms with Crippen molar-refractivity contribution in [2.45, 2.75) is 13.1 Å². The molecule has 0 spiro atoms. The first-order valence-electron chi connectivity index (χ1n) is 8.66. The van der Waals surface area contributed by atoms with Crippen molar-refractivity contribution in [1.82, 2.24) is 29.9 Å². The quantitative estimate of drug-likeness (QED) is 0.421. The summed E-state index contributed by atoms with van der Waals surface area (Å²) < 4.78 is 52.7. The minimum Gasteiger partial charge on any atom is -0.340 e. The third kappa shape index (κ3) is 4.24. The normalized spacial score (nSPS) is 11.5. The molecule has 0 aliphatic heterocycles. The number of alkyl halides is 3. The van der Waals surface area contributed by atoms with Gasteiger partial charge in [-0.1, -0.05) is 0 Å². The first-order valence-corrected chi connectivity index (χ1v) is 8.66. The summed E-state index contributed by atoms with van der Waals surface area (Å²) in [5.41, 5.74) is -0.944. The van der Waals surface area contributed by atoms with Gasteiger partial charge in [-0.05, 0) is 18.2 Å². The SMILES string of the molecule is CC(=O)Nc1cc(Nc2nc(-c3ccc(F)c(C(F)(F)F)n3)nc3nc[nH]c23)ccn1. The highest BCUT2D eigenvalue weighted by molar-refractivity contribution is 5.89. The highest BCUT2D eigenvalue weighted by Gasteiger charge is 2.36. The average Bonchev–Trinajstić information content (AvgIpc) is 3.16. The number of hydrogen-bond donors (Lipinski definition) is 3. The van der Waals surface area contributed by atoms with Gasteiger partial charge in [-0.15, -0.1) is 0 Å². The monoisotopic (exact) mass is 432 g/mol. The number of fused-ring (bicyclic) bond motifs is 1. The molecule has 13 heteroatoms. The van der Waals surface area contributed by atoms with E-state index in [0.29, 0.717) is 17.3 Å². The van der Waals surface area contributed by atoms with Gasteiger partial charge in [0.05, 0.1) is 6.33 Å². The summed E-state index contributed by atoms with van der Waals surface area (Å²) in [6, 6.07) is 4.82. The van der Waals surface area contributed by atoms with E-state index in [2.05, 4.69) is 40.5 Å². The Labute approximate surface area is 171 Å². The number of imidazole rings is 1. The first kappa shape index (κ1) is 20.1. The van der Waals surface area contributed by atoms with Gasteiger partial charge in [0.25, 0.3) is 0 Å². The third-order valence-corrected chi connectivity index (χ3v) is 3.96. The summed E-state index contributed by atoms with van der Waals surface area (Å²) >= 11 is 0. The number of H-pyrrole nitrogens is 1. The van der Waals surface area contributed by atoms with Crippen LogP contribution in [0.3, 0.4) is 0 Å². The van der Waals surface area contributed by atoms with Crippen LogP contribution >= 0.6 is 0 Å². The maximum atomic E-state index is 13.6. The van der Waals surface area contributed by atoms with Crippen LogP contribution in [0.4, 0.5) is 34.9 Å². The summed E-state index contributed by atoms with van der Waals surface area (Å²) in [7, 11) is 0. The van der Waals surface area contributed by atoms with Gasteiger partial charge < -0.3 is 15.6 Å². The molecule has 0 saturated carbocycles. The van der Waals surface area contributed by atoms with Gasteiger partial charge in [-0.25, -0.2) is 29.3 Å². The number of anilines is 3. The number of hydrogen-bond acceptors (Lipinski definition) is 7. The van der Waals surface area contributed by atoms with Gasteiger partial charge in [0.1, 0.15) is 17.0 Å². The molecule has 158 valence electrons. The van der Waals surface area contributed by atoms with E-state index in [1.54, 1.807) is 6.07 Å². The van der Waals surface area contributed by atoms with Crippen molar-refractivity contribution >= 4 is 34.4 Å². The van der Waals surface area contributed by atoms with Crippen LogP contribution in [0.5, 0.6) is 0 Å². The van der Waals surface area contributed by atoms with Crippen molar-refractivity contribution in [1.29, 1.82) is 0 Å². The van der Waals surface area contributed by atoms with Crippen molar-refractivity contribution < 1.29 is 22.4 Å². The molecule has 0 aliphatic carbocycles. The van der Waals surface area contributed by atoms with Crippen molar-refractivity contribution in [2.75, 3.05) is 10.6 Å². The fourth-order valence-corrected chi connectivity index (χ4v) is 2.70. The number of nitrogens with one attached hydrogen (secondary N) is 3. The molecule has 31 heavy (non-hydrogen) atoms. The molecule has 1 amide bonds. The van der Waals surface area contributed by atoms with Crippen LogP contribution in [0.2, 0.25) is 0 Å². The van der Waals surface area contributed by atoms with E-state index in [-0.39, 0.29) is 34.7 Å². The lowest BCUT2D eigenvalue weighted by atomic mass is 10.2. The number of carbonyl (C=O) groups is 1. The molecule has 0 aromatic carbocycles. The molecule has 0 saturated heterocycles. The number of nitrogens with zero attached hydrogens (tertiary/aromatic N) is 5.